The molecule has 0 heterocycles. The molecule has 0 unspecified atom stereocenters. The van der Waals surface area contributed by atoms with Crippen LogP contribution in [0.25, 0.3) is 6.08 Å². The summed E-state index contributed by atoms with van der Waals surface area (Å²) in [6.45, 7) is 1.77. The van der Waals surface area contributed by atoms with E-state index in [1.165, 1.54) is 6.08 Å². The largest absolute Gasteiger partial charge is 0.489 e. The van der Waals surface area contributed by atoms with Crippen LogP contribution < -0.4 is 10.1 Å². The molecule has 0 bridgehead atoms. The summed E-state index contributed by atoms with van der Waals surface area (Å²) in [6.07, 6.45) is 4.11. The lowest BCUT2D eigenvalue weighted by Crippen LogP contribution is -2.22. The maximum atomic E-state index is 11.7. The Morgan fingerprint density at radius 1 is 1.12 bits per heavy atom. The van der Waals surface area contributed by atoms with Crippen LogP contribution in [0.4, 0.5) is 0 Å². The van der Waals surface area contributed by atoms with E-state index in [0.717, 1.165) is 23.3 Å². The Balaban J connectivity index is 1.83. The zero-order valence-corrected chi connectivity index (χ0v) is 13.9. The molecule has 4 heteroatoms. The van der Waals surface area contributed by atoms with Crippen molar-refractivity contribution in [3.8, 4) is 5.75 Å². The van der Waals surface area contributed by atoms with Gasteiger partial charge in [0.1, 0.15) is 12.4 Å². The minimum absolute atomic E-state index is 0.110. The van der Waals surface area contributed by atoms with E-state index >= 15 is 0 Å². The van der Waals surface area contributed by atoms with Gasteiger partial charge in [-0.15, -0.1) is 0 Å². The van der Waals surface area contributed by atoms with E-state index in [1.54, 1.807) is 13.2 Å². The van der Waals surface area contributed by atoms with Gasteiger partial charge in [0.25, 0.3) is 0 Å². The maximum absolute atomic E-state index is 11.7. The van der Waals surface area contributed by atoms with Crippen LogP contribution in [0.2, 0.25) is 0 Å². The molecule has 0 aliphatic carbocycles. The van der Waals surface area contributed by atoms with Gasteiger partial charge in [-0.25, -0.2) is 0 Å². The number of hydrogen-bond acceptors (Lipinski definition) is 3. The molecule has 0 saturated carbocycles. The number of carbonyl (C=O) groups is 1. The molecule has 2 aromatic rings. The van der Waals surface area contributed by atoms with Gasteiger partial charge < -0.3 is 14.8 Å². The zero-order valence-electron chi connectivity index (χ0n) is 13.9. The summed E-state index contributed by atoms with van der Waals surface area (Å²) in [5.74, 6) is 0.670. The lowest BCUT2D eigenvalue weighted by molar-refractivity contribution is -0.116. The van der Waals surface area contributed by atoms with Crippen LogP contribution in [-0.2, 0) is 16.1 Å². The van der Waals surface area contributed by atoms with Crippen molar-refractivity contribution in [2.24, 2.45) is 0 Å². The number of methoxy groups -OCH3 is 1. The highest BCUT2D eigenvalue weighted by molar-refractivity contribution is 5.91. The van der Waals surface area contributed by atoms with Crippen molar-refractivity contribution in [1.82, 2.24) is 5.32 Å². The van der Waals surface area contributed by atoms with Crippen LogP contribution in [0, 0.1) is 0 Å². The second kappa shape index (κ2) is 10.2. The summed E-state index contributed by atoms with van der Waals surface area (Å²) < 4.78 is 10.7. The highest BCUT2D eigenvalue weighted by Crippen LogP contribution is 2.16. The number of hydrogen-bond donors (Lipinski definition) is 1. The molecule has 0 aliphatic rings. The molecule has 1 amide bonds. The Labute approximate surface area is 143 Å². The lowest BCUT2D eigenvalue weighted by Gasteiger charge is -2.07. The van der Waals surface area contributed by atoms with Crippen LogP contribution in [0.1, 0.15) is 17.5 Å². The SMILES string of the molecule is COCCCNC(=O)/C=C/c1cccc(OCc2ccccc2)c1. The van der Waals surface area contributed by atoms with Crippen molar-refractivity contribution in [2.45, 2.75) is 13.0 Å². The molecule has 126 valence electrons. The zero-order chi connectivity index (χ0) is 17.0. The van der Waals surface area contributed by atoms with Gasteiger partial charge in [-0.2, -0.15) is 0 Å². The molecule has 24 heavy (non-hydrogen) atoms. The molecule has 1 N–H and O–H groups in total. The quantitative estimate of drug-likeness (QED) is 0.567. The van der Waals surface area contributed by atoms with E-state index in [9.17, 15) is 4.79 Å². The van der Waals surface area contributed by atoms with E-state index in [2.05, 4.69) is 5.32 Å². The van der Waals surface area contributed by atoms with Gasteiger partial charge in [0.2, 0.25) is 5.91 Å². The van der Waals surface area contributed by atoms with E-state index in [4.69, 9.17) is 9.47 Å². The summed E-state index contributed by atoms with van der Waals surface area (Å²) in [6, 6.07) is 17.7. The van der Waals surface area contributed by atoms with Gasteiger partial charge in [-0.3, -0.25) is 4.79 Å². The first-order chi connectivity index (χ1) is 11.8. The molecule has 0 fully saturated rings. The molecule has 0 atom stereocenters. The standard InChI is InChI=1S/C20H23NO3/c1-23-14-6-13-21-20(22)12-11-17-9-5-10-19(15-17)24-16-18-7-3-2-4-8-18/h2-5,7-12,15H,6,13-14,16H2,1H3,(H,21,22)/b12-11+. The lowest BCUT2D eigenvalue weighted by atomic mass is 10.2. The number of benzene rings is 2. The molecule has 0 aliphatic heterocycles. The van der Waals surface area contributed by atoms with E-state index in [-0.39, 0.29) is 5.91 Å². The minimum atomic E-state index is -0.110. The number of rotatable bonds is 9. The third-order valence-corrected chi connectivity index (χ3v) is 3.36. The molecular weight excluding hydrogens is 302 g/mol. The second-order valence-corrected chi connectivity index (χ2v) is 5.32. The smallest absolute Gasteiger partial charge is 0.244 e. The third kappa shape index (κ3) is 6.67. The van der Waals surface area contributed by atoms with Gasteiger partial charge in [-0.1, -0.05) is 42.5 Å². The Bertz CT molecular complexity index is 653. The van der Waals surface area contributed by atoms with Crippen LogP contribution >= 0.6 is 0 Å². The molecule has 0 aromatic heterocycles. The molecule has 2 aromatic carbocycles. The minimum Gasteiger partial charge on any atom is -0.489 e. The Kier molecular flexibility index (Phi) is 7.57. The molecule has 2 rings (SSSR count). The molecule has 4 nitrogen and oxygen atoms in total. The Hall–Kier alpha value is -2.59. The summed E-state index contributed by atoms with van der Waals surface area (Å²) in [5.41, 5.74) is 2.04. The van der Waals surface area contributed by atoms with Crippen molar-refractivity contribution < 1.29 is 14.3 Å². The van der Waals surface area contributed by atoms with E-state index < -0.39 is 0 Å². The number of amides is 1. The van der Waals surface area contributed by atoms with Crippen LogP contribution in [-0.4, -0.2) is 26.2 Å². The topological polar surface area (TPSA) is 47.6 Å². The van der Waals surface area contributed by atoms with Crippen molar-refractivity contribution in [3.63, 3.8) is 0 Å². The second-order valence-electron chi connectivity index (χ2n) is 5.32. The predicted molar refractivity (Wildman–Crippen MR) is 95.8 cm³/mol. The summed E-state index contributed by atoms with van der Waals surface area (Å²) >= 11 is 0. The third-order valence-electron chi connectivity index (χ3n) is 3.36. The molecule has 0 saturated heterocycles. The van der Waals surface area contributed by atoms with Crippen molar-refractivity contribution in [2.75, 3.05) is 20.3 Å². The molecule has 0 radical (unpaired) electrons. The van der Waals surface area contributed by atoms with Crippen LogP contribution in [0.5, 0.6) is 5.75 Å². The van der Waals surface area contributed by atoms with Gasteiger partial charge in [0, 0.05) is 26.3 Å². The normalized spacial score (nSPS) is 10.7. The average Bonchev–Trinajstić information content (AvgIpc) is 2.63. The first-order valence-electron chi connectivity index (χ1n) is 7.99. The number of nitrogens with one attached hydrogen (secondary N) is 1. The molecular formula is C20H23NO3. The number of ether oxygens (including phenoxy) is 2. The average molecular weight is 325 g/mol. The Morgan fingerprint density at radius 2 is 1.96 bits per heavy atom. The first-order valence-corrected chi connectivity index (χ1v) is 7.99. The number of carbonyl (C=O) groups excluding carboxylic acids is 1. The van der Waals surface area contributed by atoms with Gasteiger partial charge in [0.15, 0.2) is 0 Å². The molecule has 0 spiro atoms. The highest BCUT2D eigenvalue weighted by Gasteiger charge is 1.98. The van der Waals surface area contributed by atoms with Gasteiger partial charge in [-0.05, 0) is 35.8 Å². The maximum Gasteiger partial charge on any atom is 0.244 e. The Morgan fingerprint density at radius 3 is 2.75 bits per heavy atom. The van der Waals surface area contributed by atoms with Gasteiger partial charge in [0.05, 0.1) is 0 Å². The fourth-order valence-electron chi connectivity index (χ4n) is 2.11. The van der Waals surface area contributed by atoms with E-state index in [1.807, 2.05) is 54.6 Å². The first kappa shape index (κ1) is 17.8. The highest BCUT2D eigenvalue weighted by atomic mass is 16.5. The van der Waals surface area contributed by atoms with Crippen molar-refractivity contribution in [3.05, 3.63) is 71.8 Å². The van der Waals surface area contributed by atoms with Crippen molar-refractivity contribution >= 4 is 12.0 Å². The summed E-state index contributed by atoms with van der Waals surface area (Å²) in [7, 11) is 1.65. The van der Waals surface area contributed by atoms with E-state index in [0.29, 0.717) is 19.8 Å². The van der Waals surface area contributed by atoms with Crippen LogP contribution in [0.3, 0.4) is 0 Å². The monoisotopic (exact) mass is 325 g/mol. The summed E-state index contributed by atoms with van der Waals surface area (Å²) in [5, 5.41) is 2.81. The fraction of sp³-hybridized carbons (Fsp3) is 0.250. The fourth-order valence-corrected chi connectivity index (χ4v) is 2.11. The summed E-state index contributed by atoms with van der Waals surface area (Å²) in [4.78, 5) is 11.7. The van der Waals surface area contributed by atoms with Gasteiger partial charge >= 0.3 is 0 Å². The predicted octanol–water partition coefficient (Wildman–Crippen LogP) is 3.43. The van der Waals surface area contributed by atoms with Crippen molar-refractivity contribution in [1.29, 1.82) is 0 Å². The van der Waals surface area contributed by atoms with Crippen LogP contribution in [0.15, 0.2) is 60.7 Å².